The van der Waals surface area contributed by atoms with Crippen LogP contribution in [0.3, 0.4) is 0 Å². The van der Waals surface area contributed by atoms with E-state index in [1.807, 2.05) is 0 Å². The van der Waals surface area contributed by atoms with Gasteiger partial charge in [0.1, 0.15) is 0 Å². The molecule has 87 valence electrons. The Morgan fingerprint density at radius 2 is 1.07 bits per heavy atom. The van der Waals surface area contributed by atoms with Crippen molar-refractivity contribution in [3.63, 3.8) is 0 Å². The fourth-order valence-corrected chi connectivity index (χ4v) is 5.49. The predicted molar refractivity (Wildman–Crippen MR) is 70.6 cm³/mol. The summed E-state index contributed by atoms with van der Waals surface area (Å²) in [5.74, 6) is 2.30. The summed E-state index contributed by atoms with van der Waals surface area (Å²) in [6.45, 7) is 0. The highest BCUT2D eigenvalue weighted by Gasteiger charge is 2.16. The summed E-state index contributed by atoms with van der Waals surface area (Å²) >= 11 is 0.808. The van der Waals surface area contributed by atoms with E-state index in [2.05, 4.69) is 0 Å². The van der Waals surface area contributed by atoms with E-state index in [4.69, 9.17) is 0 Å². The molecule has 2 rings (SSSR count). The largest absolute Gasteiger partial charge is 0.200 e. The van der Waals surface area contributed by atoms with E-state index in [0.717, 1.165) is 27.1 Å². The Labute approximate surface area is 103 Å². The standard InChI is InChI=1S/2C7H13.Al.H2/c2*1-7-5-3-2-4-6-7;;/h2*7H,1-6H2;;1H. The molecule has 0 spiro atoms. The van der Waals surface area contributed by atoms with Gasteiger partial charge in [0.15, 0.2) is 0 Å². The summed E-state index contributed by atoms with van der Waals surface area (Å²) in [6, 6.07) is 0. The van der Waals surface area contributed by atoms with E-state index in [1.165, 1.54) is 38.5 Å². The molecule has 0 N–H and O–H groups in total. The lowest BCUT2D eigenvalue weighted by atomic mass is 9.90. The van der Waals surface area contributed by atoms with Crippen LogP contribution in [0.15, 0.2) is 0 Å². The van der Waals surface area contributed by atoms with Crippen molar-refractivity contribution in [3.8, 4) is 0 Å². The molecule has 15 heavy (non-hydrogen) atoms. The number of hydrogen-bond donors (Lipinski definition) is 0. The summed E-state index contributed by atoms with van der Waals surface area (Å²) in [6.07, 6.45) is 15.5. The first-order valence-electron chi connectivity index (χ1n) is 7.27. The molecule has 0 nitrogen and oxygen atoms in total. The summed E-state index contributed by atoms with van der Waals surface area (Å²) in [5, 5.41) is 3.27. The second-order valence-electron chi connectivity index (χ2n) is 5.77. The van der Waals surface area contributed by atoms with Crippen LogP contribution in [0.1, 0.15) is 65.6 Å². The van der Waals surface area contributed by atoms with Crippen molar-refractivity contribution in [1.29, 1.82) is 0 Å². The lowest BCUT2D eigenvalue weighted by molar-refractivity contribution is 0.373. The van der Waals surface area contributed by atoms with Gasteiger partial charge in [0.05, 0.1) is 0 Å². The normalized spacial score (nSPS) is 25.3. The van der Waals surface area contributed by atoms with E-state index in [9.17, 15) is 0 Å². The molecule has 2 fully saturated rings. The predicted octanol–water partition coefficient (Wildman–Crippen LogP) is 4.93. The minimum Gasteiger partial charge on any atom is -0.101 e. The lowest BCUT2D eigenvalue weighted by Gasteiger charge is -2.24. The fourth-order valence-electron chi connectivity index (χ4n) is 3.41. The quantitative estimate of drug-likeness (QED) is 0.592. The minimum atomic E-state index is 0. The van der Waals surface area contributed by atoms with E-state index in [0.29, 0.717) is 0 Å². The topological polar surface area (TPSA) is 0 Å². The van der Waals surface area contributed by atoms with Gasteiger partial charge in [0.25, 0.3) is 0 Å². The Morgan fingerprint density at radius 1 is 0.667 bits per heavy atom. The summed E-state index contributed by atoms with van der Waals surface area (Å²) in [4.78, 5) is 0. The highest BCUT2D eigenvalue weighted by atomic mass is 27.1. The van der Waals surface area contributed by atoms with Gasteiger partial charge in [-0.15, -0.1) is 10.6 Å². The SMILES string of the molecule is C1CCC([CH2][Al][CH2]C2CCCCC2)CC1.[HH]. The third-order valence-corrected chi connectivity index (χ3v) is 6.45. The molecule has 0 saturated heterocycles. The molecule has 0 heterocycles. The highest BCUT2D eigenvalue weighted by Crippen LogP contribution is 2.30. The van der Waals surface area contributed by atoms with Crippen molar-refractivity contribution >= 4 is 15.2 Å². The molecule has 0 atom stereocenters. The third-order valence-electron chi connectivity index (χ3n) is 4.45. The van der Waals surface area contributed by atoms with Gasteiger partial charge in [-0.05, 0) is 0 Å². The van der Waals surface area contributed by atoms with E-state index in [1.54, 1.807) is 36.2 Å². The van der Waals surface area contributed by atoms with E-state index < -0.39 is 0 Å². The van der Waals surface area contributed by atoms with Crippen LogP contribution in [0.5, 0.6) is 0 Å². The van der Waals surface area contributed by atoms with Gasteiger partial charge >= 0.3 is 0 Å². The average molecular weight is 223 g/mol. The monoisotopic (exact) mass is 223 g/mol. The summed E-state index contributed by atoms with van der Waals surface area (Å²) in [5.41, 5.74) is 0. The van der Waals surface area contributed by atoms with E-state index >= 15 is 0 Å². The van der Waals surface area contributed by atoms with Crippen molar-refractivity contribution in [2.24, 2.45) is 11.8 Å². The fraction of sp³-hybridized carbons (Fsp3) is 1.00. The van der Waals surface area contributed by atoms with Crippen LogP contribution in [0.4, 0.5) is 0 Å². The lowest BCUT2D eigenvalue weighted by Crippen LogP contribution is -2.13. The molecule has 0 unspecified atom stereocenters. The maximum Gasteiger partial charge on any atom is 0.200 e. The molecular formula is C14H28Al. The van der Waals surface area contributed by atoms with Crippen LogP contribution in [-0.2, 0) is 0 Å². The second kappa shape index (κ2) is 6.98. The smallest absolute Gasteiger partial charge is 0.101 e. The Hall–Kier alpha value is 0.532. The molecule has 1 heteroatoms. The Kier molecular flexibility index (Phi) is 5.58. The van der Waals surface area contributed by atoms with Gasteiger partial charge in [-0.3, -0.25) is 0 Å². The number of hydrogen-bond acceptors (Lipinski definition) is 0. The molecule has 0 bridgehead atoms. The van der Waals surface area contributed by atoms with Crippen molar-refractivity contribution in [2.75, 3.05) is 0 Å². The molecular weight excluding hydrogens is 195 g/mol. The molecule has 2 aliphatic carbocycles. The van der Waals surface area contributed by atoms with Crippen LogP contribution in [-0.4, -0.2) is 15.2 Å². The second-order valence-corrected chi connectivity index (χ2v) is 7.29. The van der Waals surface area contributed by atoms with Crippen molar-refractivity contribution in [3.05, 3.63) is 0 Å². The first kappa shape index (κ1) is 12.0. The average Bonchev–Trinajstić information content (AvgIpc) is 2.32. The van der Waals surface area contributed by atoms with Gasteiger partial charge in [0.2, 0.25) is 15.2 Å². The zero-order valence-corrected chi connectivity index (χ0v) is 11.4. The van der Waals surface area contributed by atoms with Crippen LogP contribution in [0, 0.1) is 11.8 Å². The van der Waals surface area contributed by atoms with Crippen LogP contribution in [0.2, 0.25) is 10.6 Å². The third kappa shape index (κ3) is 4.50. The van der Waals surface area contributed by atoms with Crippen molar-refractivity contribution < 1.29 is 1.43 Å². The van der Waals surface area contributed by atoms with Crippen molar-refractivity contribution in [1.82, 2.24) is 0 Å². The summed E-state index contributed by atoms with van der Waals surface area (Å²) < 4.78 is 0. The van der Waals surface area contributed by atoms with Gasteiger partial charge in [-0.2, -0.15) is 0 Å². The summed E-state index contributed by atoms with van der Waals surface area (Å²) in [7, 11) is 0. The Bertz CT molecular complexity index is 142. The molecule has 0 aromatic rings. The maximum atomic E-state index is 1.64. The molecule has 0 aromatic heterocycles. The number of rotatable bonds is 4. The van der Waals surface area contributed by atoms with Crippen LogP contribution >= 0.6 is 0 Å². The molecule has 0 aromatic carbocycles. The van der Waals surface area contributed by atoms with E-state index in [-0.39, 0.29) is 1.43 Å². The van der Waals surface area contributed by atoms with Gasteiger partial charge in [-0.1, -0.05) is 76.0 Å². The molecule has 1 radical (unpaired) electrons. The Balaban J connectivity index is 0.00000128. The van der Waals surface area contributed by atoms with Crippen LogP contribution in [0.25, 0.3) is 0 Å². The first-order chi connectivity index (χ1) is 7.45. The molecule has 2 saturated carbocycles. The molecule has 2 aliphatic rings. The zero-order chi connectivity index (χ0) is 10.3. The zero-order valence-electron chi connectivity index (χ0n) is 10.2. The van der Waals surface area contributed by atoms with Crippen LogP contribution < -0.4 is 0 Å². The maximum absolute atomic E-state index is 1.64. The van der Waals surface area contributed by atoms with Gasteiger partial charge in [-0.25, -0.2) is 0 Å². The molecule has 0 aliphatic heterocycles. The minimum absolute atomic E-state index is 0. The van der Waals surface area contributed by atoms with Gasteiger partial charge in [0, 0.05) is 1.43 Å². The first-order valence-corrected chi connectivity index (χ1v) is 8.90. The molecule has 0 amide bonds. The highest BCUT2D eigenvalue weighted by molar-refractivity contribution is 6.35. The van der Waals surface area contributed by atoms with Crippen molar-refractivity contribution in [2.45, 2.75) is 74.8 Å². The Morgan fingerprint density at radius 3 is 1.47 bits per heavy atom. The van der Waals surface area contributed by atoms with Gasteiger partial charge < -0.3 is 0 Å².